The molecule has 0 bridgehead atoms. The molecule has 1 aromatic heterocycles. The van der Waals surface area contributed by atoms with Gasteiger partial charge in [-0.1, -0.05) is 12.1 Å². The summed E-state index contributed by atoms with van der Waals surface area (Å²) in [5.41, 5.74) is 2.85. The maximum atomic E-state index is 11.6. The molecule has 0 atom stereocenters. The van der Waals surface area contributed by atoms with Crippen LogP contribution in [0.15, 0.2) is 42.5 Å². The van der Waals surface area contributed by atoms with E-state index in [0.29, 0.717) is 31.2 Å². The van der Waals surface area contributed by atoms with Gasteiger partial charge < -0.3 is 19.6 Å². The van der Waals surface area contributed by atoms with E-state index in [-0.39, 0.29) is 5.78 Å². The molecular weight excluding hydrogens is 320 g/mol. The fourth-order valence-corrected chi connectivity index (χ4v) is 2.51. The lowest BCUT2D eigenvalue weighted by atomic mass is 10.1. The minimum Gasteiger partial charge on any atom is -0.491 e. The Balaban J connectivity index is 1.82. The maximum Gasteiger partial charge on any atom is 0.188 e. The molecule has 1 heterocycles. The lowest BCUT2D eigenvalue weighted by molar-refractivity contribution is 0.0904. The summed E-state index contributed by atoms with van der Waals surface area (Å²) in [5.74, 6) is 1.12. The first-order valence-corrected chi connectivity index (χ1v) is 8.16. The summed E-state index contributed by atoms with van der Waals surface area (Å²) in [4.78, 5) is 19.4. The monoisotopic (exact) mass is 340 g/mol. The molecule has 0 spiro atoms. The number of aromatic amines is 1. The van der Waals surface area contributed by atoms with Crippen LogP contribution in [0.25, 0.3) is 22.4 Å². The SMILES string of the molecule is CCOCCOc1cccc(-c2nc3ccc(C(=O)CO)cc3[nH]2)c1. The Kier molecular flexibility index (Phi) is 5.42. The van der Waals surface area contributed by atoms with Crippen molar-refractivity contribution in [3.63, 3.8) is 0 Å². The second-order valence-corrected chi connectivity index (χ2v) is 5.47. The van der Waals surface area contributed by atoms with Crippen molar-refractivity contribution in [2.45, 2.75) is 6.92 Å². The van der Waals surface area contributed by atoms with Crippen LogP contribution >= 0.6 is 0 Å². The molecule has 6 heteroatoms. The molecule has 0 unspecified atom stereocenters. The predicted octanol–water partition coefficient (Wildman–Crippen LogP) is 2.82. The number of ether oxygens (including phenoxy) is 2. The molecule has 0 aliphatic rings. The van der Waals surface area contributed by atoms with E-state index < -0.39 is 6.61 Å². The van der Waals surface area contributed by atoms with E-state index in [2.05, 4.69) is 9.97 Å². The van der Waals surface area contributed by atoms with E-state index >= 15 is 0 Å². The number of aliphatic hydroxyl groups is 1. The highest BCUT2D eigenvalue weighted by Gasteiger charge is 2.10. The van der Waals surface area contributed by atoms with Crippen LogP contribution in [0.4, 0.5) is 0 Å². The Morgan fingerprint density at radius 2 is 2.08 bits per heavy atom. The van der Waals surface area contributed by atoms with Gasteiger partial charge in [0.2, 0.25) is 0 Å². The van der Waals surface area contributed by atoms with E-state index in [1.165, 1.54) is 0 Å². The summed E-state index contributed by atoms with van der Waals surface area (Å²) >= 11 is 0. The van der Waals surface area contributed by atoms with Crippen LogP contribution in [0.2, 0.25) is 0 Å². The number of rotatable bonds is 8. The number of imidazole rings is 1. The average molecular weight is 340 g/mol. The van der Waals surface area contributed by atoms with E-state index in [4.69, 9.17) is 14.6 Å². The largest absolute Gasteiger partial charge is 0.491 e. The van der Waals surface area contributed by atoms with Gasteiger partial charge in [0.05, 0.1) is 17.6 Å². The fourth-order valence-electron chi connectivity index (χ4n) is 2.51. The van der Waals surface area contributed by atoms with Gasteiger partial charge in [0.25, 0.3) is 0 Å². The first-order chi connectivity index (χ1) is 12.2. The Morgan fingerprint density at radius 1 is 1.20 bits per heavy atom. The standard InChI is InChI=1S/C19H20N2O4/c1-2-24-8-9-25-15-5-3-4-14(10-15)19-20-16-7-6-13(18(23)12-22)11-17(16)21-19/h3-7,10-11,22H,2,8-9,12H2,1H3,(H,20,21). The number of hydrogen-bond acceptors (Lipinski definition) is 5. The van der Waals surface area contributed by atoms with Gasteiger partial charge in [0, 0.05) is 17.7 Å². The normalized spacial score (nSPS) is 11.0. The summed E-state index contributed by atoms with van der Waals surface area (Å²) in [5, 5.41) is 8.98. The first-order valence-electron chi connectivity index (χ1n) is 8.16. The molecule has 0 aliphatic heterocycles. The molecule has 0 saturated carbocycles. The molecule has 3 rings (SSSR count). The summed E-state index contributed by atoms with van der Waals surface area (Å²) < 4.78 is 10.9. The smallest absolute Gasteiger partial charge is 0.188 e. The maximum absolute atomic E-state index is 11.6. The van der Waals surface area contributed by atoms with E-state index in [1.807, 2.05) is 31.2 Å². The van der Waals surface area contributed by atoms with Gasteiger partial charge in [0.15, 0.2) is 5.78 Å². The Bertz CT molecular complexity index is 873. The number of benzene rings is 2. The third kappa shape index (κ3) is 4.04. The molecule has 2 N–H and O–H groups in total. The number of nitrogens with one attached hydrogen (secondary N) is 1. The molecule has 2 aromatic carbocycles. The average Bonchev–Trinajstić information content (AvgIpc) is 3.08. The Hall–Kier alpha value is -2.70. The third-order valence-electron chi connectivity index (χ3n) is 3.76. The van der Waals surface area contributed by atoms with Gasteiger partial charge in [-0.15, -0.1) is 0 Å². The number of fused-ring (bicyclic) bond motifs is 1. The number of H-pyrrole nitrogens is 1. The number of nitrogens with zero attached hydrogens (tertiary/aromatic N) is 1. The van der Waals surface area contributed by atoms with E-state index in [1.54, 1.807) is 18.2 Å². The molecule has 0 amide bonds. The van der Waals surface area contributed by atoms with Crippen molar-refractivity contribution in [2.24, 2.45) is 0 Å². The number of Topliss-reactive ketones (excluding diaryl/α,β-unsaturated/α-hetero) is 1. The van der Waals surface area contributed by atoms with Crippen LogP contribution in [0.5, 0.6) is 5.75 Å². The van der Waals surface area contributed by atoms with Crippen molar-refractivity contribution >= 4 is 16.8 Å². The highest BCUT2D eigenvalue weighted by molar-refractivity contribution is 5.99. The highest BCUT2D eigenvalue weighted by Crippen LogP contribution is 2.24. The van der Waals surface area contributed by atoms with Crippen molar-refractivity contribution in [1.82, 2.24) is 9.97 Å². The van der Waals surface area contributed by atoms with Gasteiger partial charge >= 0.3 is 0 Å². The summed E-state index contributed by atoms with van der Waals surface area (Å²) in [6, 6.07) is 12.8. The highest BCUT2D eigenvalue weighted by atomic mass is 16.5. The van der Waals surface area contributed by atoms with Crippen LogP contribution in [-0.2, 0) is 4.74 Å². The van der Waals surface area contributed by atoms with Gasteiger partial charge in [-0.25, -0.2) is 4.98 Å². The van der Waals surface area contributed by atoms with Gasteiger partial charge in [-0.3, -0.25) is 4.79 Å². The summed E-state index contributed by atoms with van der Waals surface area (Å²) in [6.07, 6.45) is 0. The molecule has 6 nitrogen and oxygen atoms in total. The van der Waals surface area contributed by atoms with Crippen molar-refractivity contribution in [3.05, 3.63) is 48.0 Å². The van der Waals surface area contributed by atoms with Crippen molar-refractivity contribution in [3.8, 4) is 17.1 Å². The third-order valence-corrected chi connectivity index (χ3v) is 3.76. The summed E-state index contributed by atoms with van der Waals surface area (Å²) in [7, 11) is 0. The Morgan fingerprint density at radius 3 is 2.88 bits per heavy atom. The van der Waals surface area contributed by atoms with Crippen molar-refractivity contribution in [1.29, 1.82) is 0 Å². The lowest BCUT2D eigenvalue weighted by Crippen LogP contribution is -2.06. The zero-order valence-electron chi connectivity index (χ0n) is 14.0. The minimum atomic E-state index is -0.506. The number of aliphatic hydroxyl groups excluding tert-OH is 1. The number of aromatic nitrogens is 2. The molecule has 0 radical (unpaired) electrons. The molecule has 25 heavy (non-hydrogen) atoms. The van der Waals surface area contributed by atoms with Gasteiger partial charge in [0.1, 0.15) is 24.8 Å². The first kappa shape index (κ1) is 17.1. The molecule has 0 aliphatic carbocycles. The van der Waals surface area contributed by atoms with Gasteiger partial charge in [-0.05, 0) is 37.3 Å². The topological polar surface area (TPSA) is 84.4 Å². The van der Waals surface area contributed by atoms with Crippen LogP contribution in [0.1, 0.15) is 17.3 Å². The molecule has 3 aromatic rings. The number of hydrogen-bond donors (Lipinski definition) is 2. The summed E-state index contributed by atoms with van der Waals surface area (Å²) in [6.45, 7) is 3.15. The zero-order chi connectivity index (χ0) is 17.6. The number of ketones is 1. The number of carbonyl (C=O) groups is 1. The molecular formula is C19H20N2O4. The molecule has 0 fully saturated rings. The van der Waals surface area contributed by atoms with Crippen LogP contribution in [0.3, 0.4) is 0 Å². The second-order valence-electron chi connectivity index (χ2n) is 5.47. The van der Waals surface area contributed by atoms with E-state index in [9.17, 15) is 4.79 Å². The lowest BCUT2D eigenvalue weighted by Gasteiger charge is -2.07. The quantitative estimate of drug-likeness (QED) is 0.486. The predicted molar refractivity (Wildman–Crippen MR) is 94.9 cm³/mol. The Labute approximate surface area is 145 Å². The second kappa shape index (κ2) is 7.92. The van der Waals surface area contributed by atoms with Crippen LogP contribution in [0, 0.1) is 0 Å². The minimum absolute atomic E-state index is 0.317. The molecule has 130 valence electrons. The van der Waals surface area contributed by atoms with Gasteiger partial charge in [-0.2, -0.15) is 0 Å². The van der Waals surface area contributed by atoms with Crippen molar-refractivity contribution < 1.29 is 19.4 Å². The molecule has 0 saturated heterocycles. The van der Waals surface area contributed by atoms with Crippen LogP contribution < -0.4 is 4.74 Å². The zero-order valence-corrected chi connectivity index (χ0v) is 14.0. The van der Waals surface area contributed by atoms with E-state index in [0.717, 1.165) is 22.3 Å². The fraction of sp³-hybridized carbons (Fsp3) is 0.263. The number of carbonyl (C=O) groups excluding carboxylic acids is 1. The van der Waals surface area contributed by atoms with Crippen LogP contribution in [-0.4, -0.2) is 47.3 Å². The van der Waals surface area contributed by atoms with Crippen molar-refractivity contribution in [2.75, 3.05) is 26.4 Å².